The molecule has 0 radical (unpaired) electrons. The first-order chi connectivity index (χ1) is 21.2. The summed E-state index contributed by atoms with van der Waals surface area (Å²) in [6.45, 7) is 4.64. The molecule has 2 aliphatic heterocycles. The van der Waals surface area contributed by atoms with E-state index in [0.29, 0.717) is 32.5 Å². The summed E-state index contributed by atoms with van der Waals surface area (Å²) in [5.41, 5.74) is 7.72. The Morgan fingerprint density at radius 3 is 1.61 bits per heavy atom. The van der Waals surface area contributed by atoms with E-state index < -0.39 is 29.4 Å². The number of Topliss-reactive ketones (excluding diaryl/α,β-unsaturated/α-hetero) is 2. The molecule has 2 fully saturated rings. The van der Waals surface area contributed by atoms with Crippen LogP contribution in [0, 0.1) is 10.8 Å². The minimum Gasteiger partial charge on any atom is -0.445 e. The van der Waals surface area contributed by atoms with E-state index in [9.17, 15) is 14.4 Å². The van der Waals surface area contributed by atoms with Gasteiger partial charge in [0.05, 0.1) is 25.3 Å². The van der Waals surface area contributed by atoms with Crippen LogP contribution in [-0.2, 0) is 43.2 Å². The van der Waals surface area contributed by atoms with Gasteiger partial charge in [0.15, 0.2) is 11.6 Å². The summed E-state index contributed by atoms with van der Waals surface area (Å²) in [5.74, 6) is -0.0754. The molecule has 232 valence electrons. The van der Waals surface area contributed by atoms with Crippen LogP contribution in [0.3, 0.4) is 0 Å². The molecule has 0 aliphatic carbocycles. The number of benzene rings is 3. The van der Waals surface area contributed by atoms with Gasteiger partial charge in [-0.25, -0.2) is 4.79 Å². The lowest BCUT2D eigenvalue weighted by Gasteiger charge is -2.19. The number of nitrogens with zero attached hydrogens (tertiary/aromatic N) is 2. The molecule has 2 aliphatic rings. The molecule has 2 unspecified atom stereocenters. The van der Waals surface area contributed by atoms with Gasteiger partial charge in [-0.3, -0.25) is 9.59 Å². The Morgan fingerprint density at radius 2 is 1.16 bits per heavy atom. The normalized spacial score (nSPS) is 20.7. The van der Waals surface area contributed by atoms with Crippen molar-refractivity contribution in [1.82, 2.24) is 5.32 Å². The number of ketones is 2. The fourth-order valence-corrected chi connectivity index (χ4v) is 4.49. The maximum absolute atomic E-state index is 12.7. The molecule has 3 N–H and O–H groups in total. The second kappa shape index (κ2) is 16.4. The van der Waals surface area contributed by atoms with Crippen molar-refractivity contribution in [1.29, 1.82) is 10.8 Å². The van der Waals surface area contributed by atoms with E-state index in [1.807, 2.05) is 91.0 Å². The molecule has 3 aromatic carbocycles. The highest BCUT2D eigenvalue weighted by molar-refractivity contribution is 5.95. The van der Waals surface area contributed by atoms with Crippen molar-refractivity contribution in [2.24, 2.45) is 5.73 Å². The molecular weight excluding hydrogens is 560 g/mol. The first-order valence-corrected chi connectivity index (χ1v) is 14.6. The van der Waals surface area contributed by atoms with Crippen LogP contribution >= 0.6 is 0 Å². The third-order valence-corrected chi connectivity index (χ3v) is 7.51. The molecule has 0 spiro atoms. The fourth-order valence-electron chi connectivity index (χ4n) is 4.49. The molecule has 4 atom stereocenters. The predicted octanol–water partition coefficient (Wildman–Crippen LogP) is 4.61. The zero-order chi connectivity index (χ0) is 32.0. The van der Waals surface area contributed by atoms with Gasteiger partial charge in [-0.1, -0.05) is 91.0 Å². The molecule has 10 heteroatoms. The van der Waals surface area contributed by atoms with Crippen LogP contribution in [0.15, 0.2) is 91.0 Å². The van der Waals surface area contributed by atoms with Crippen molar-refractivity contribution in [3.63, 3.8) is 0 Å². The Balaban J connectivity index is 0.000000251. The van der Waals surface area contributed by atoms with Gasteiger partial charge >= 0.3 is 6.09 Å². The van der Waals surface area contributed by atoms with Crippen molar-refractivity contribution in [3.8, 4) is 0 Å². The summed E-state index contributed by atoms with van der Waals surface area (Å²) in [7, 11) is 0. The number of carbonyl (C=O) groups is 3. The number of amides is 1. The highest BCUT2D eigenvalue weighted by Crippen LogP contribution is 2.30. The number of ether oxygens (including phenoxy) is 3. The summed E-state index contributed by atoms with van der Waals surface area (Å²) in [4.78, 5) is 36.6. The lowest BCUT2D eigenvalue weighted by Crippen LogP contribution is -2.46. The van der Waals surface area contributed by atoms with E-state index in [4.69, 9.17) is 30.7 Å². The lowest BCUT2D eigenvalue weighted by atomic mass is 9.95. The van der Waals surface area contributed by atoms with Gasteiger partial charge < -0.3 is 25.3 Å². The van der Waals surface area contributed by atoms with E-state index >= 15 is 0 Å². The number of nitrogens with one attached hydrogen (secondary N) is 1. The number of alkyl carbamates (subject to hydrolysis) is 1. The first-order valence-electron chi connectivity index (χ1n) is 14.6. The Hall–Kier alpha value is -4.43. The molecule has 0 bridgehead atoms. The Morgan fingerprint density at radius 1 is 0.750 bits per heavy atom. The van der Waals surface area contributed by atoms with Gasteiger partial charge in [-0.05, 0) is 56.2 Å². The number of aryl methyl sites for hydroxylation is 2. The van der Waals surface area contributed by atoms with Crippen LogP contribution in [0.4, 0.5) is 4.79 Å². The van der Waals surface area contributed by atoms with Crippen molar-refractivity contribution in [2.75, 3.05) is 13.2 Å². The van der Waals surface area contributed by atoms with E-state index in [2.05, 4.69) is 5.32 Å². The highest BCUT2D eigenvalue weighted by Gasteiger charge is 2.50. The third kappa shape index (κ3) is 10.7. The van der Waals surface area contributed by atoms with E-state index in [-0.39, 0.29) is 18.2 Å². The van der Waals surface area contributed by atoms with Crippen molar-refractivity contribution in [3.05, 3.63) is 108 Å². The van der Waals surface area contributed by atoms with Crippen LogP contribution in [0.25, 0.3) is 0 Å². The molecule has 5 rings (SSSR count). The molecule has 44 heavy (non-hydrogen) atoms. The minimum atomic E-state index is -0.784. The molecule has 2 saturated heterocycles. The Labute approximate surface area is 258 Å². The molecule has 3 aromatic rings. The quantitative estimate of drug-likeness (QED) is 0.210. The molecule has 0 saturated carbocycles. The fraction of sp³-hybridized carbons (Fsp3) is 0.382. The molecule has 10 nitrogen and oxygen atoms in total. The minimum absolute atomic E-state index is 0.0310. The van der Waals surface area contributed by atoms with Gasteiger partial charge in [0.2, 0.25) is 0 Å². The maximum Gasteiger partial charge on any atom is 0.408 e. The zero-order valence-electron chi connectivity index (χ0n) is 25.2. The van der Waals surface area contributed by atoms with Gasteiger partial charge in [0.25, 0.3) is 0 Å². The number of carbonyl (C=O) groups excluding carboxylic acids is 3. The van der Waals surface area contributed by atoms with E-state index in [0.717, 1.165) is 17.5 Å². The number of hydrogen-bond donors (Lipinski definition) is 2. The van der Waals surface area contributed by atoms with Gasteiger partial charge in [-0.15, -0.1) is 0 Å². The Kier molecular flexibility index (Phi) is 12.7. The highest BCUT2D eigenvalue weighted by atomic mass is 16.6. The number of epoxide rings is 2. The average Bonchev–Trinajstić information content (AvgIpc) is 4.01. The average molecular weight is 601 g/mol. The number of rotatable bonds is 13. The zero-order valence-corrected chi connectivity index (χ0v) is 25.2. The standard InChI is InChI=1S/C21H23NO4.C13H17NO2.N2/c1-21(15-26-21)19(23)18(13-12-16-8-4-2-5-9-16)22-20(24)25-14-17-10-6-3-7-11-17;1-13(9-16-13)12(15)11(14)8-7-10-5-3-2-4-6-10;1-2/h2-11,18H,12-15H2,1H3,(H,22,24);2-6,11H,7-9,14H2,1H3;/t18?,21-;11?,13-;/m11./s1. The largest absolute Gasteiger partial charge is 0.445 e. The third-order valence-electron chi connectivity index (χ3n) is 7.51. The van der Waals surface area contributed by atoms with Crippen molar-refractivity contribution >= 4 is 17.7 Å². The number of hydrogen-bond acceptors (Lipinski definition) is 9. The summed E-state index contributed by atoms with van der Waals surface area (Å²) in [6, 6.07) is 28.3. The summed E-state index contributed by atoms with van der Waals surface area (Å²) >= 11 is 0. The topological polar surface area (TPSA) is 171 Å². The van der Waals surface area contributed by atoms with Crippen molar-refractivity contribution < 1.29 is 28.6 Å². The van der Waals surface area contributed by atoms with Crippen LogP contribution in [0.5, 0.6) is 0 Å². The summed E-state index contributed by atoms with van der Waals surface area (Å²) in [6.07, 6.45) is 2.12. The summed E-state index contributed by atoms with van der Waals surface area (Å²) in [5, 5.41) is 14.7. The van der Waals surface area contributed by atoms with Crippen LogP contribution in [0.1, 0.15) is 43.4 Å². The smallest absolute Gasteiger partial charge is 0.408 e. The van der Waals surface area contributed by atoms with Gasteiger partial charge in [0.1, 0.15) is 17.8 Å². The Bertz CT molecular complexity index is 1360. The number of nitrogens with two attached hydrogens (primary N) is 1. The lowest BCUT2D eigenvalue weighted by molar-refractivity contribution is -0.126. The van der Waals surface area contributed by atoms with Crippen molar-refractivity contribution in [2.45, 2.75) is 69.4 Å². The van der Waals surface area contributed by atoms with Gasteiger partial charge in [0, 0.05) is 10.8 Å². The van der Waals surface area contributed by atoms with Crippen LogP contribution < -0.4 is 11.1 Å². The molecular formula is C34H40N4O6. The predicted molar refractivity (Wildman–Crippen MR) is 163 cm³/mol. The van der Waals surface area contributed by atoms with Gasteiger partial charge in [-0.2, -0.15) is 0 Å². The SMILES string of the molecule is C[C@]1(C(=O)C(CCc2ccccc2)NC(=O)OCc2ccccc2)CO1.C[C@]1(C(=O)C(N)CCc2ccccc2)CO1.N#N. The van der Waals surface area contributed by atoms with Crippen LogP contribution in [0.2, 0.25) is 0 Å². The summed E-state index contributed by atoms with van der Waals surface area (Å²) < 4.78 is 15.6. The molecule has 2 heterocycles. The van der Waals surface area contributed by atoms with Crippen LogP contribution in [-0.4, -0.2) is 54.2 Å². The second-order valence-electron chi connectivity index (χ2n) is 11.2. The molecule has 1 amide bonds. The van der Waals surface area contributed by atoms with E-state index in [1.54, 1.807) is 13.8 Å². The monoisotopic (exact) mass is 600 g/mol. The molecule has 0 aromatic heterocycles. The maximum atomic E-state index is 12.7. The van der Waals surface area contributed by atoms with E-state index in [1.165, 1.54) is 5.56 Å². The second-order valence-corrected chi connectivity index (χ2v) is 11.2. The first kappa shape index (κ1) is 34.1.